The third-order valence-corrected chi connectivity index (χ3v) is 8.31. The van der Waals surface area contributed by atoms with E-state index in [1.54, 1.807) is 54.6 Å². The van der Waals surface area contributed by atoms with Crippen LogP contribution in [0.1, 0.15) is 31.8 Å². The lowest BCUT2D eigenvalue weighted by atomic mass is 9.78. The van der Waals surface area contributed by atoms with Gasteiger partial charge in [0.05, 0.1) is 20.8 Å². The summed E-state index contributed by atoms with van der Waals surface area (Å²) in [5.41, 5.74) is 4.06. The Labute approximate surface area is 236 Å². The van der Waals surface area contributed by atoms with Crippen molar-refractivity contribution in [2.24, 2.45) is 0 Å². The van der Waals surface area contributed by atoms with E-state index >= 15 is 0 Å². The lowest BCUT2D eigenvalue weighted by Gasteiger charge is -2.23. The van der Waals surface area contributed by atoms with Gasteiger partial charge < -0.3 is 0 Å². The molecule has 0 saturated carbocycles. The molecule has 0 aliphatic heterocycles. The molecule has 0 saturated heterocycles. The van der Waals surface area contributed by atoms with Crippen LogP contribution in [0.15, 0.2) is 97.1 Å². The van der Waals surface area contributed by atoms with Gasteiger partial charge in [-0.25, -0.2) is 0 Å². The van der Waals surface area contributed by atoms with E-state index in [9.17, 15) is 29.8 Å². The topological polar surface area (TPSA) is 120 Å². The Hall–Kier alpha value is -6.02. The second kappa shape index (κ2) is 8.25. The number of rotatable bonds is 3. The number of fused-ring (bicyclic) bond motifs is 4. The first-order valence-corrected chi connectivity index (χ1v) is 13.1. The zero-order valence-electron chi connectivity index (χ0n) is 21.6. The molecule has 6 aromatic rings. The average molecular weight is 549 g/mol. The average Bonchev–Trinajstić information content (AvgIpc) is 3.00. The fourth-order valence-electron chi connectivity index (χ4n) is 6.62. The van der Waals surface area contributed by atoms with Crippen molar-refractivity contribution in [3.63, 3.8) is 0 Å². The number of nitro groups is 2. The number of hydrogen-bond acceptors (Lipinski definition) is 6. The molecule has 6 aromatic carbocycles. The van der Waals surface area contributed by atoms with Crippen molar-refractivity contribution >= 4 is 44.5 Å². The fourth-order valence-corrected chi connectivity index (χ4v) is 6.62. The van der Waals surface area contributed by atoms with Crippen molar-refractivity contribution in [3.05, 3.63) is 140 Å². The molecule has 8 nitrogen and oxygen atoms in total. The lowest BCUT2D eigenvalue weighted by molar-refractivity contribution is -0.385. The molecule has 0 spiro atoms. The summed E-state index contributed by atoms with van der Waals surface area (Å²) in [6.07, 6.45) is 0. The Morgan fingerprint density at radius 1 is 0.500 bits per heavy atom. The van der Waals surface area contributed by atoms with Gasteiger partial charge in [0.25, 0.3) is 11.4 Å². The van der Waals surface area contributed by atoms with E-state index in [1.165, 1.54) is 12.1 Å². The van der Waals surface area contributed by atoms with Crippen molar-refractivity contribution in [2.45, 2.75) is 0 Å². The molecule has 2 aliphatic rings. The number of benzene rings is 6. The molecule has 198 valence electrons. The normalized spacial score (nSPS) is 12.8. The SMILES string of the molecule is O=C1c2ccccc2-c2cc(-c3cc4c5c(cccc5c3[N+](=O)[O-])C(=O)c3c-4cccc3[N+](=O)[O-])cc3cccc1c23. The zero-order chi connectivity index (χ0) is 28.9. The summed E-state index contributed by atoms with van der Waals surface area (Å²) in [6.45, 7) is 0. The van der Waals surface area contributed by atoms with E-state index in [4.69, 9.17) is 0 Å². The number of carbonyl (C=O) groups excluding carboxylic acids is 2. The summed E-state index contributed by atoms with van der Waals surface area (Å²) in [6, 6.07) is 27.3. The highest BCUT2D eigenvalue weighted by molar-refractivity contribution is 6.30. The highest BCUT2D eigenvalue weighted by Crippen LogP contribution is 2.50. The van der Waals surface area contributed by atoms with Crippen LogP contribution in [0.4, 0.5) is 11.4 Å². The van der Waals surface area contributed by atoms with E-state index in [-0.39, 0.29) is 33.7 Å². The Balaban J connectivity index is 1.52. The molecule has 0 amide bonds. The summed E-state index contributed by atoms with van der Waals surface area (Å²) in [4.78, 5) is 50.5. The second-order valence-corrected chi connectivity index (χ2v) is 10.4. The molecular formula is C34H16N2O6. The number of carbonyl (C=O) groups is 2. The first-order chi connectivity index (χ1) is 20.3. The lowest BCUT2D eigenvalue weighted by Crippen LogP contribution is -2.13. The van der Waals surface area contributed by atoms with Gasteiger partial charge in [0.1, 0.15) is 5.56 Å². The molecule has 8 heteroatoms. The summed E-state index contributed by atoms with van der Waals surface area (Å²) >= 11 is 0. The maximum absolute atomic E-state index is 13.6. The molecule has 0 atom stereocenters. The molecule has 0 aromatic heterocycles. The minimum absolute atomic E-state index is 0.0343. The molecule has 2 aliphatic carbocycles. The molecule has 0 unspecified atom stereocenters. The van der Waals surface area contributed by atoms with Crippen LogP contribution in [0.3, 0.4) is 0 Å². The molecular weight excluding hydrogens is 532 g/mol. The Morgan fingerprint density at radius 3 is 1.90 bits per heavy atom. The van der Waals surface area contributed by atoms with Crippen LogP contribution in [0.5, 0.6) is 0 Å². The van der Waals surface area contributed by atoms with Crippen LogP contribution in [0, 0.1) is 20.2 Å². The highest BCUT2D eigenvalue weighted by atomic mass is 16.6. The van der Waals surface area contributed by atoms with Crippen LogP contribution in [-0.4, -0.2) is 21.4 Å². The Kier molecular flexibility index (Phi) is 4.68. The number of hydrogen-bond donors (Lipinski definition) is 0. The van der Waals surface area contributed by atoms with E-state index in [1.807, 2.05) is 30.3 Å². The minimum atomic E-state index is -0.585. The first-order valence-electron chi connectivity index (χ1n) is 13.1. The maximum atomic E-state index is 13.6. The molecule has 42 heavy (non-hydrogen) atoms. The van der Waals surface area contributed by atoms with Crippen LogP contribution >= 0.6 is 0 Å². The molecule has 0 fully saturated rings. The van der Waals surface area contributed by atoms with Gasteiger partial charge in [-0.2, -0.15) is 0 Å². The van der Waals surface area contributed by atoms with E-state index in [2.05, 4.69) is 0 Å². The van der Waals surface area contributed by atoms with Gasteiger partial charge in [-0.15, -0.1) is 0 Å². The monoisotopic (exact) mass is 548 g/mol. The standard InChI is InChI=1S/C34H16N2O6/c37-33-21-8-2-1-7-19(21)26-15-18(14-17-6-3-11-23(33)29(17)26)25-16-27-20-9-5-13-28(35(39)40)31(20)34(38)24-12-4-10-22(30(24)27)32(25)36(41)42/h1-16H. The van der Waals surface area contributed by atoms with Gasteiger partial charge in [-0.1, -0.05) is 66.7 Å². The predicted octanol–water partition coefficient (Wildman–Crippen LogP) is 7.90. The van der Waals surface area contributed by atoms with Crippen LogP contribution in [0.2, 0.25) is 0 Å². The smallest absolute Gasteiger partial charge is 0.285 e. The predicted molar refractivity (Wildman–Crippen MR) is 158 cm³/mol. The summed E-state index contributed by atoms with van der Waals surface area (Å²) in [5, 5.41) is 26.8. The summed E-state index contributed by atoms with van der Waals surface area (Å²) in [5.74, 6) is -0.616. The van der Waals surface area contributed by atoms with Gasteiger partial charge in [0, 0.05) is 39.1 Å². The number of ketones is 2. The minimum Gasteiger partial charge on any atom is -0.289 e. The number of nitro benzene ring substituents is 2. The first kappa shape index (κ1) is 23.8. The van der Waals surface area contributed by atoms with Crippen molar-refractivity contribution in [1.29, 1.82) is 0 Å². The van der Waals surface area contributed by atoms with Crippen molar-refractivity contribution in [1.82, 2.24) is 0 Å². The van der Waals surface area contributed by atoms with Gasteiger partial charge in [-0.3, -0.25) is 29.8 Å². The van der Waals surface area contributed by atoms with Crippen molar-refractivity contribution in [2.75, 3.05) is 0 Å². The summed E-state index contributed by atoms with van der Waals surface area (Å²) in [7, 11) is 0. The quantitative estimate of drug-likeness (QED) is 0.163. The largest absolute Gasteiger partial charge is 0.289 e. The van der Waals surface area contributed by atoms with Crippen LogP contribution < -0.4 is 0 Å². The molecule has 8 rings (SSSR count). The molecule has 0 heterocycles. The molecule has 0 N–H and O–H groups in total. The second-order valence-electron chi connectivity index (χ2n) is 10.4. The van der Waals surface area contributed by atoms with Crippen molar-refractivity contribution in [3.8, 4) is 33.4 Å². The van der Waals surface area contributed by atoms with E-state index in [0.29, 0.717) is 38.8 Å². The van der Waals surface area contributed by atoms with E-state index in [0.717, 1.165) is 21.9 Å². The van der Waals surface area contributed by atoms with E-state index < -0.39 is 15.6 Å². The molecule has 0 bridgehead atoms. The fraction of sp³-hybridized carbons (Fsp3) is 0. The van der Waals surface area contributed by atoms with Gasteiger partial charge >= 0.3 is 0 Å². The zero-order valence-corrected chi connectivity index (χ0v) is 21.6. The third kappa shape index (κ3) is 3.00. The van der Waals surface area contributed by atoms with Gasteiger partial charge in [0.15, 0.2) is 5.78 Å². The van der Waals surface area contributed by atoms with Crippen LogP contribution in [0.25, 0.3) is 54.9 Å². The summed E-state index contributed by atoms with van der Waals surface area (Å²) < 4.78 is 0. The van der Waals surface area contributed by atoms with Gasteiger partial charge in [0.2, 0.25) is 5.78 Å². The maximum Gasteiger partial charge on any atom is 0.285 e. The highest BCUT2D eigenvalue weighted by Gasteiger charge is 2.35. The van der Waals surface area contributed by atoms with Gasteiger partial charge in [-0.05, 0) is 51.9 Å². The number of nitrogens with zero attached hydrogens (tertiary/aromatic N) is 2. The Bertz CT molecular complexity index is 2300. The Morgan fingerprint density at radius 2 is 1.14 bits per heavy atom. The molecule has 0 radical (unpaired) electrons. The third-order valence-electron chi connectivity index (χ3n) is 8.31. The van der Waals surface area contributed by atoms with Crippen LogP contribution in [-0.2, 0) is 0 Å². The van der Waals surface area contributed by atoms with Crippen molar-refractivity contribution < 1.29 is 19.4 Å².